The highest BCUT2D eigenvalue weighted by molar-refractivity contribution is 7.80. The zero-order valence-electron chi connectivity index (χ0n) is 11.1. The van der Waals surface area contributed by atoms with Crippen LogP contribution in [0, 0.1) is 12.8 Å². The van der Waals surface area contributed by atoms with Crippen molar-refractivity contribution in [3.8, 4) is 0 Å². The Hall–Kier alpha value is -1.36. The number of rotatable bonds is 6. The van der Waals surface area contributed by atoms with E-state index in [-0.39, 0.29) is 5.91 Å². The van der Waals surface area contributed by atoms with Crippen molar-refractivity contribution in [1.29, 1.82) is 0 Å². The minimum atomic E-state index is -0.0950. The van der Waals surface area contributed by atoms with Crippen LogP contribution in [-0.2, 0) is 0 Å². The SMILES string of the molecule is Cc1ccoc1C(=O)N(CCC(N)=S)CC(C)C. The molecule has 0 radical (unpaired) electrons. The number of nitrogens with two attached hydrogens (primary N) is 1. The van der Waals surface area contributed by atoms with Gasteiger partial charge in [0, 0.05) is 25.1 Å². The molecule has 100 valence electrons. The topological polar surface area (TPSA) is 59.5 Å². The normalized spacial score (nSPS) is 10.7. The van der Waals surface area contributed by atoms with Gasteiger partial charge in [0.1, 0.15) is 0 Å². The first-order valence-corrected chi connectivity index (χ1v) is 6.44. The Kier molecular flexibility index (Phi) is 5.34. The van der Waals surface area contributed by atoms with Crippen LogP contribution in [-0.4, -0.2) is 28.9 Å². The molecule has 1 aromatic rings. The molecule has 2 N–H and O–H groups in total. The second kappa shape index (κ2) is 6.54. The molecule has 0 aliphatic heterocycles. The molecule has 0 aromatic carbocycles. The zero-order chi connectivity index (χ0) is 13.7. The molecule has 1 amide bonds. The minimum absolute atomic E-state index is 0.0950. The molecular formula is C13H20N2O2S. The van der Waals surface area contributed by atoms with E-state index in [4.69, 9.17) is 22.4 Å². The van der Waals surface area contributed by atoms with Gasteiger partial charge in [-0.2, -0.15) is 0 Å². The molecule has 1 aromatic heterocycles. The van der Waals surface area contributed by atoms with Crippen LogP contribution in [0.25, 0.3) is 0 Å². The van der Waals surface area contributed by atoms with Crippen molar-refractivity contribution < 1.29 is 9.21 Å². The van der Waals surface area contributed by atoms with Crippen LogP contribution in [0.2, 0.25) is 0 Å². The van der Waals surface area contributed by atoms with Gasteiger partial charge in [-0.25, -0.2) is 0 Å². The number of furan rings is 1. The molecule has 0 bridgehead atoms. The quantitative estimate of drug-likeness (QED) is 0.805. The van der Waals surface area contributed by atoms with Crippen LogP contribution < -0.4 is 5.73 Å². The second-order valence-electron chi connectivity index (χ2n) is 4.79. The number of hydrogen-bond acceptors (Lipinski definition) is 3. The summed E-state index contributed by atoms with van der Waals surface area (Å²) in [4.78, 5) is 14.5. The molecule has 1 heterocycles. The average Bonchev–Trinajstić information content (AvgIpc) is 2.69. The van der Waals surface area contributed by atoms with Gasteiger partial charge < -0.3 is 15.1 Å². The second-order valence-corrected chi connectivity index (χ2v) is 5.32. The fraction of sp³-hybridized carbons (Fsp3) is 0.538. The monoisotopic (exact) mass is 268 g/mol. The van der Waals surface area contributed by atoms with Crippen LogP contribution in [0.15, 0.2) is 16.7 Å². The number of carbonyl (C=O) groups is 1. The standard InChI is InChI=1S/C13H20N2O2S/c1-9(2)8-15(6-4-11(14)18)13(16)12-10(3)5-7-17-12/h5,7,9H,4,6,8H2,1-3H3,(H2,14,18). The third-order valence-electron chi connectivity index (χ3n) is 2.56. The maximum absolute atomic E-state index is 12.3. The molecule has 4 nitrogen and oxygen atoms in total. The van der Waals surface area contributed by atoms with E-state index in [1.165, 1.54) is 6.26 Å². The molecule has 5 heteroatoms. The minimum Gasteiger partial charge on any atom is -0.459 e. The van der Waals surface area contributed by atoms with E-state index >= 15 is 0 Å². The summed E-state index contributed by atoms with van der Waals surface area (Å²) in [6.45, 7) is 7.19. The van der Waals surface area contributed by atoms with E-state index in [0.717, 1.165) is 5.56 Å². The first-order chi connectivity index (χ1) is 8.41. The molecule has 0 fully saturated rings. The van der Waals surface area contributed by atoms with Gasteiger partial charge in [0.2, 0.25) is 0 Å². The third kappa shape index (κ3) is 4.14. The Balaban J connectivity index is 2.78. The Morgan fingerprint density at radius 1 is 1.56 bits per heavy atom. The van der Waals surface area contributed by atoms with Crippen LogP contribution in [0.1, 0.15) is 36.4 Å². The molecule has 0 aliphatic carbocycles. The molecule has 0 aliphatic rings. The van der Waals surface area contributed by atoms with Gasteiger partial charge in [-0.05, 0) is 18.9 Å². The molecule has 0 saturated carbocycles. The van der Waals surface area contributed by atoms with Gasteiger partial charge in [-0.3, -0.25) is 4.79 Å². The summed E-state index contributed by atoms with van der Waals surface area (Å²) in [5.74, 6) is 0.691. The van der Waals surface area contributed by atoms with Gasteiger partial charge in [0.15, 0.2) is 5.76 Å². The fourth-order valence-corrected chi connectivity index (χ4v) is 1.79. The lowest BCUT2D eigenvalue weighted by atomic mass is 10.1. The Labute approximate surface area is 113 Å². The van der Waals surface area contributed by atoms with Crippen molar-refractivity contribution in [2.24, 2.45) is 11.7 Å². The van der Waals surface area contributed by atoms with Gasteiger partial charge in [0.05, 0.1) is 11.3 Å². The molecule has 0 saturated heterocycles. The van der Waals surface area contributed by atoms with Gasteiger partial charge in [-0.1, -0.05) is 26.1 Å². The maximum Gasteiger partial charge on any atom is 0.289 e. The summed E-state index contributed by atoms with van der Waals surface area (Å²) >= 11 is 4.86. The van der Waals surface area contributed by atoms with Crippen molar-refractivity contribution in [3.05, 3.63) is 23.7 Å². The molecule has 18 heavy (non-hydrogen) atoms. The Bertz CT molecular complexity index is 426. The summed E-state index contributed by atoms with van der Waals surface area (Å²) in [5, 5.41) is 0. The van der Waals surface area contributed by atoms with E-state index < -0.39 is 0 Å². The first-order valence-electron chi connectivity index (χ1n) is 6.03. The van der Waals surface area contributed by atoms with Gasteiger partial charge in [-0.15, -0.1) is 0 Å². The first kappa shape index (κ1) is 14.7. The van der Waals surface area contributed by atoms with Crippen molar-refractivity contribution in [3.63, 3.8) is 0 Å². The molecule has 1 rings (SSSR count). The number of hydrogen-bond donors (Lipinski definition) is 1. The highest BCUT2D eigenvalue weighted by atomic mass is 32.1. The predicted octanol–water partition coefficient (Wildman–Crippen LogP) is 2.36. The summed E-state index contributed by atoms with van der Waals surface area (Å²) in [7, 11) is 0. The fourth-order valence-electron chi connectivity index (χ4n) is 1.70. The summed E-state index contributed by atoms with van der Waals surface area (Å²) in [6.07, 6.45) is 2.07. The molecule has 0 spiro atoms. The highest BCUT2D eigenvalue weighted by Gasteiger charge is 2.21. The van der Waals surface area contributed by atoms with Crippen molar-refractivity contribution in [2.75, 3.05) is 13.1 Å². The van der Waals surface area contributed by atoms with E-state index in [1.54, 1.807) is 11.0 Å². The van der Waals surface area contributed by atoms with E-state index in [2.05, 4.69) is 13.8 Å². The van der Waals surface area contributed by atoms with E-state index in [1.807, 2.05) is 6.92 Å². The number of thiocarbonyl (C=S) groups is 1. The average molecular weight is 268 g/mol. The lowest BCUT2D eigenvalue weighted by molar-refractivity contribution is 0.0708. The Morgan fingerprint density at radius 2 is 2.22 bits per heavy atom. The van der Waals surface area contributed by atoms with Crippen molar-refractivity contribution >= 4 is 23.1 Å². The number of amides is 1. The third-order valence-corrected chi connectivity index (χ3v) is 2.76. The molecule has 0 atom stereocenters. The number of aryl methyl sites for hydroxylation is 1. The van der Waals surface area contributed by atoms with Crippen LogP contribution in [0.3, 0.4) is 0 Å². The van der Waals surface area contributed by atoms with E-state index in [0.29, 0.717) is 36.2 Å². The predicted molar refractivity (Wildman–Crippen MR) is 75.6 cm³/mol. The summed E-state index contributed by atoms with van der Waals surface area (Å²) in [6, 6.07) is 1.79. The largest absolute Gasteiger partial charge is 0.459 e. The van der Waals surface area contributed by atoms with Gasteiger partial charge in [0.25, 0.3) is 5.91 Å². The Morgan fingerprint density at radius 3 is 2.67 bits per heavy atom. The van der Waals surface area contributed by atoms with Crippen LogP contribution >= 0.6 is 12.2 Å². The molecular weight excluding hydrogens is 248 g/mol. The molecule has 0 unspecified atom stereocenters. The lowest BCUT2D eigenvalue weighted by Gasteiger charge is -2.23. The smallest absolute Gasteiger partial charge is 0.289 e. The number of nitrogens with zero attached hydrogens (tertiary/aromatic N) is 1. The number of carbonyl (C=O) groups excluding carboxylic acids is 1. The van der Waals surface area contributed by atoms with Crippen LogP contribution in [0.5, 0.6) is 0 Å². The van der Waals surface area contributed by atoms with Crippen molar-refractivity contribution in [1.82, 2.24) is 4.90 Å². The van der Waals surface area contributed by atoms with Gasteiger partial charge >= 0.3 is 0 Å². The highest BCUT2D eigenvalue weighted by Crippen LogP contribution is 2.13. The van der Waals surface area contributed by atoms with Crippen molar-refractivity contribution in [2.45, 2.75) is 27.2 Å². The lowest BCUT2D eigenvalue weighted by Crippen LogP contribution is -2.36. The maximum atomic E-state index is 12.3. The zero-order valence-corrected chi connectivity index (χ0v) is 11.9. The summed E-state index contributed by atoms with van der Waals surface area (Å²) in [5.41, 5.74) is 6.34. The van der Waals surface area contributed by atoms with Crippen LogP contribution in [0.4, 0.5) is 0 Å². The van der Waals surface area contributed by atoms with E-state index in [9.17, 15) is 4.79 Å². The summed E-state index contributed by atoms with van der Waals surface area (Å²) < 4.78 is 5.24.